The minimum absolute atomic E-state index is 0.265. The SMILES string of the molecule is CC1c2ccccc2-c2ccc(C3=C(CCCO)C=CC3)cc21. The molecule has 1 atom stereocenters. The minimum atomic E-state index is 0.265. The van der Waals surface area contributed by atoms with E-state index in [-0.39, 0.29) is 6.61 Å². The van der Waals surface area contributed by atoms with Crippen LogP contribution in [0.3, 0.4) is 0 Å². The van der Waals surface area contributed by atoms with E-state index in [1.807, 2.05) is 0 Å². The van der Waals surface area contributed by atoms with E-state index < -0.39 is 0 Å². The Morgan fingerprint density at radius 2 is 1.87 bits per heavy atom. The first-order valence-corrected chi connectivity index (χ1v) is 8.52. The number of rotatable bonds is 4. The maximum absolute atomic E-state index is 9.10. The van der Waals surface area contributed by atoms with Crippen LogP contribution in [0.1, 0.15) is 48.8 Å². The summed E-state index contributed by atoms with van der Waals surface area (Å²) in [5.74, 6) is 0.469. The number of hydrogen-bond donors (Lipinski definition) is 1. The van der Waals surface area contributed by atoms with E-state index in [2.05, 4.69) is 61.5 Å². The second kappa shape index (κ2) is 5.82. The van der Waals surface area contributed by atoms with Crippen LogP contribution in [0.15, 0.2) is 60.2 Å². The third-order valence-electron chi connectivity index (χ3n) is 5.22. The molecule has 2 aromatic carbocycles. The second-order valence-electron chi connectivity index (χ2n) is 6.55. The Labute approximate surface area is 138 Å². The van der Waals surface area contributed by atoms with Gasteiger partial charge in [0.1, 0.15) is 0 Å². The van der Waals surface area contributed by atoms with Crippen LogP contribution in [0.5, 0.6) is 0 Å². The Bertz CT molecular complexity index is 810. The predicted octanol–water partition coefficient (Wildman–Crippen LogP) is 5.30. The van der Waals surface area contributed by atoms with E-state index in [1.54, 1.807) is 0 Å². The lowest BCUT2D eigenvalue weighted by Gasteiger charge is -2.12. The van der Waals surface area contributed by atoms with E-state index in [0.29, 0.717) is 5.92 Å². The molecule has 1 nitrogen and oxygen atoms in total. The normalized spacial score (nSPS) is 18.4. The van der Waals surface area contributed by atoms with Crippen molar-refractivity contribution in [3.05, 3.63) is 76.9 Å². The van der Waals surface area contributed by atoms with Crippen LogP contribution in [-0.4, -0.2) is 11.7 Å². The maximum atomic E-state index is 9.10. The molecule has 0 saturated heterocycles. The average molecular weight is 302 g/mol. The van der Waals surface area contributed by atoms with E-state index in [1.165, 1.54) is 39.0 Å². The molecule has 0 bridgehead atoms. The third-order valence-corrected chi connectivity index (χ3v) is 5.22. The lowest BCUT2D eigenvalue weighted by molar-refractivity contribution is 0.289. The van der Waals surface area contributed by atoms with E-state index >= 15 is 0 Å². The number of allylic oxidation sites excluding steroid dienone is 4. The molecule has 0 radical (unpaired) electrons. The Balaban J connectivity index is 1.75. The van der Waals surface area contributed by atoms with Crippen molar-refractivity contribution < 1.29 is 5.11 Å². The number of aliphatic hydroxyl groups excluding tert-OH is 1. The smallest absolute Gasteiger partial charge is 0.0434 e. The molecular formula is C22H22O. The van der Waals surface area contributed by atoms with E-state index in [9.17, 15) is 0 Å². The first-order valence-electron chi connectivity index (χ1n) is 8.52. The van der Waals surface area contributed by atoms with Crippen molar-refractivity contribution in [3.63, 3.8) is 0 Å². The van der Waals surface area contributed by atoms with Crippen molar-refractivity contribution in [3.8, 4) is 11.1 Å². The molecule has 0 aromatic heterocycles. The Hall–Kier alpha value is -2.12. The van der Waals surface area contributed by atoms with Gasteiger partial charge in [-0.25, -0.2) is 0 Å². The van der Waals surface area contributed by atoms with Gasteiger partial charge in [0, 0.05) is 12.5 Å². The lowest BCUT2D eigenvalue weighted by atomic mass is 9.93. The number of fused-ring (bicyclic) bond motifs is 3. The Morgan fingerprint density at radius 3 is 2.74 bits per heavy atom. The topological polar surface area (TPSA) is 20.2 Å². The van der Waals surface area contributed by atoms with Gasteiger partial charge in [0.2, 0.25) is 0 Å². The van der Waals surface area contributed by atoms with Crippen LogP contribution in [-0.2, 0) is 0 Å². The predicted molar refractivity (Wildman–Crippen MR) is 96.4 cm³/mol. The van der Waals surface area contributed by atoms with Gasteiger partial charge in [-0.05, 0) is 58.2 Å². The zero-order chi connectivity index (χ0) is 15.8. The highest BCUT2D eigenvalue weighted by Gasteiger charge is 2.25. The molecule has 2 aliphatic rings. The molecule has 0 amide bonds. The lowest BCUT2D eigenvalue weighted by Crippen LogP contribution is -1.93. The van der Waals surface area contributed by atoms with Gasteiger partial charge in [0.15, 0.2) is 0 Å². The molecule has 116 valence electrons. The number of aliphatic hydroxyl groups is 1. The van der Waals surface area contributed by atoms with E-state index in [0.717, 1.165) is 19.3 Å². The first-order chi connectivity index (χ1) is 11.3. The van der Waals surface area contributed by atoms with Gasteiger partial charge < -0.3 is 5.11 Å². The molecule has 2 aliphatic carbocycles. The van der Waals surface area contributed by atoms with Gasteiger partial charge in [0.05, 0.1) is 0 Å². The van der Waals surface area contributed by atoms with Crippen molar-refractivity contribution in [2.75, 3.05) is 6.61 Å². The van der Waals surface area contributed by atoms with Gasteiger partial charge in [-0.2, -0.15) is 0 Å². The van der Waals surface area contributed by atoms with Crippen LogP contribution in [0.25, 0.3) is 16.7 Å². The minimum Gasteiger partial charge on any atom is -0.396 e. The quantitative estimate of drug-likeness (QED) is 0.812. The number of benzene rings is 2. The molecule has 0 spiro atoms. The average Bonchev–Trinajstić information content (AvgIpc) is 3.17. The van der Waals surface area contributed by atoms with Crippen molar-refractivity contribution in [2.24, 2.45) is 0 Å². The van der Waals surface area contributed by atoms with Crippen molar-refractivity contribution >= 4 is 5.57 Å². The van der Waals surface area contributed by atoms with Crippen LogP contribution in [0.2, 0.25) is 0 Å². The molecule has 0 heterocycles. The van der Waals surface area contributed by atoms with E-state index in [4.69, 9.17) is 5.11 Å². The van der Waals surface area contributed by atoms with Gasteiger partial charge in [0.25, 0.3) is 0 Å². The molecule has 1 heteroatoms. The molecule has 0 fully saturated rings. The van der Waals surface area contributed by atoms with Gasteiger partial charge in [-0.3, -0.25) is 0 Å². The first kappa shape index (κ1) is 14.5. The zero-order valence-corrected chi connectivity index (χ0v) is 13.5. The highest BCUT2D eigenvalue weighted by molar-refractivity contribution is 5.83. The largest absolute Gasteiger partial charge is 0.396 e. The molecule has 23 heavy (non-hydrogen) atoms. The summed E-state index contributed by atoms with van der Waals surface area (Å²) in [5, 5.41) is 9.10. The summed E-state index contributed by atoms with van der Waals surface area (Å²) in [6, 6.07) is 15.7. The van der Waals surface area contributed by atoms with Crippen LogP contribution < -0.4 is 0 Å². The summed E-state index contributed by atoms with van der Waals surface area (Å²) in [6.45, 7) is 2.57. The fourth-order valence-corrected chi connectivity index (χ4v) is 4.00. The molecule has 1 N–H and O–H groups in total. The molecule has 0 saturated carbocycles. The van der Waals surface area contributed by atoms with Crippen molar-refractivity contribution in [1.82, 2.24) is 0 Å². The van der Waals surface area contributed by atoms with Gasteiger partial charge >= 0.3 is 0 Å². The van der Waals surface area contributed by atoms with Gasteiger partial charge in [-0.1, -0.05) is 61.5 Å². The molecule has 1 unspecified atom stereocenters. The Kier molecular flexibility index (Phi) is 3.66. The molecular weight excluding hydrogens is 280 g/mol. The number of hydrogen-bond acceptors (Lipinski definition) is 1. The van der Waals surface area contributed by atoms with Crippen LogP contribution in [0.4, 0.5) is 0 Å². The van der Waals surface area contributed by atoms with Crippen molar-refractivity contribution in [1.29, 1.82) is 0 Å². The standard InChI is InChI=1S/C22H22O/c1-15-18-8-2-3-9-20(18)21-12-11-17(14-22(15)21)19-10-4-6-16(19)7-5-13-23/h2-4,6,8-9,11-12,14-15,23H,5,7,10,13H2,1H3. The third kappa shape index (κ3) is 2.36. The fourth-order valence-electron chi connectivity index (χ4n) is 4.00. The molecule has 2 aromatic rings. The van der Waals surface area contributed by atoms with Crippen molar-refractivity contribution in [2.45, 2.75) is 32.1 Å². The zero-order valence-electron chi connectivity index (χ0n) is 13.5. The summed E-state index contributed by atoms with van der Waals surface area (Å²) in [6.07, 6.45) is 7.30. The fraction of sp³-hybridized carbons (Fsp3) is 0.273. The summed E-state index contributed by atoms with van der Waals surface area (Å²) < 4.78 is 0. The monoisotopic (exact) mass is 302 g/mol. The second-order valence-corrected chi connectivity index (χ2v) is 6.55. The molecule has 0 aliphatic heterocycles. The van der Waals surface area contributed by atoms with Crippen LogP contribution in [0, 0.1) is 0 Å². The summed E-state index contributed by atoms with van der Waals surface area (Å²) in [4.78, 5) is 0. The Morgan fingerprint density at radius 1 is 1.04 bits per heavy atom. The highest BCUT2D eigenvalue weighted by atomic mass is 16.2. The van der Waals surface area contributed by atoms with Gasteiger partial charge in [-0.15, -0.1) is 0 Å². The highest BCUT2D eigenvalue weighted by Crippen LogP contribution is 2.46. The summed E-state index contributed by atoms with van der Waals surface area (Å²) in [7, 11) is 0. The van der Waals surface area contributed by atoms with Crippen LogP contribution >= 0.6 is 0 Å². The maximum Gasteiger partial charge on any atom is 0.0434 e. The summed E-state index contributed by atoms with van der Waals surface area (Å²) in [5.41, 5.74) is 9.84. The summed E-state index contributed by atoms with van der Waals surface area (Å²) >= 11 is 0. The molecule has 4 rings (SSSR count).